The Labute approximate surface area is 187 Å². The Morgan fingerprint density at radius 3 is 2.94 bits per heavy atom. The SMILES string of the molecule is CCc1[nH]c2nc(Sc3ccc(/C=C/C(=O)O)c(F)c3)nc(N3CC[C@@H](N)C3)c2c1Cl. The molecule has 0 aliphatic carbocycles. The molecule has 4 N–H and O–H groups in total. The summed E-state index contributed by atoms with van der Waals surface area (Å²) < 4.78 is 14.4. The topological polar surface area (TPSA) is 108 Å². The molecule has 1 saturated heterocycles. The second kappa shape index (κ2) is 8.86. The van der Waals surface area contributed by atoms with Crippen LogP contribution in [-0.4, -0.2) is 45.2 Å². The number of hydrogen-bond donors (Lipinski definition) is 3. The Kier molecular flexibility index (Phi) is 6.17. The minimum atomic E-state index is -1.13. The molecule has 10 heteroatoms. The van der Waals surface area contributed by atoms with E-state index < -0.39 is 11.8 Å². The highest BCUT2D eigenvalue weighted by Gasteiger charge is 2.26. The van der Waals surface area contributed by atoms with Crippen LogP contribution in [0.3, 0.4) is 0 Å². The number of anilines is 1. The number of halogens is 2. The summed E-state index contributed by atoms with van der Waals surface area (Å²) in [5.41, 5.74) is 7.81. The largest absolute Gasteiger partial charge is 0.478 e. The Morgan fingerprint density at radius 2 is 2.29 bits per heavy atom. The molecule has 2 aromatic heterocycles. The second-order valence-electron chi connectivity index (χ2n) is 7.28. The molecule has 1 aromatic carbocycles. The van der Waals surface area contributed by atoms with Gasteiger partial charge in [-0.25, -0.2) is 19.2 Å². The molecular weight excluding hydrogens is 441 g/mol. The van der Waals surface area contributed by atoms with Crippen molar-refractivity contribution in [3.8, 4) is 0 Å². The monoisotopic (exact) mass is 461 g/mol. The van der Waals surface area contributed by atoms with E-state index in [1.54, 1.807) is 6.07 Å². The number of H-pyrrole nitrogens is 1. The van der Waals surface area contributed by atoms with E-state index in [1.165, 1.54) is 30.0 Å². The highest BCUT2D eigenvalue weighted by atomic mass is 35.5. The minimum absolute atomic E-state index is 0.0741. The third kappa shape index (κ3) is 4.53. The molecule has 0 saturated carbocycles. The number of carboxylic acids is 1. The van der Waals surface area contributed by atoms with Gasteiger partial charge in [0.05, 0.1) is 10.4 Å². The van der Waals surface area contributed by atoms with Gasteiger partial charge in [0.15, 0.2) is 5.16 Å². The second-order valence-corrected chi connectivity index (χ2v) is 8.69. The average molecular weight is 462 g/mol. The average Bonchev–Trinajstić information content (AvgIpc) is 3.30. The van der Waals surface area contributed by atoms with Gasteiger partial charge in [0.2, 0.25) is 0 Å². The fourth-order valence-electron chi connectivity index (χ4n) is 3.54. The van der Waals surface area contributed by atoms with Crippen LogP contribution in [0.15, 0.2) is 34.3 Å². The standard InChI is InChI=1S/C21H21ClFN5O2S/c1-2-15-18(22)17-19(25-15)26-21(27-20(17)28-8-7-12(24)10-28)31-13-5-3-11(14(23)9-13)4-6-16(29)30/h3-6,9,12H,2,7-8,10,24H2,1H3,(H,29,30)(H,25,26,27)/b6-4+/t12-/m1/s1. The van der Waals surface area contributed by atoms with Crippen molar-refractivity contribution in [1.82, 2.24) is 15.0 Å². The highest BCUT2D eigenvalue weighted by molar-refractivity contribution is 7.99. The molecule has 0 bridgehead atoms. The van der Waals surface area contributed by atoms with Crippen LogP contribution < -0.4 is 10.6 Å². The van der Waals surface area contributed by atoms with Gasteiger partial charge in [0.1, 0.15) is 17.3 Å². The number of aromatic amines is 1. The summed E-state index contributed by atoms with van der Waals surface area (Å²) >= 11 is 7.83. The van der Waals surface area contributed by atoms with Gasteiger partial charge < -0.3 is 20.7 Å². The van der Waals surface area contributed by atoms with Crippen molar-refractivity contribution >= 4 is 52.3 Å². The number of nitrogens with one attached hydrogen (secondary N) is 1. The van der Waals surface area contributed by atoms with Gasteiger partial charge in [-0.05, 0) is 42.8 Å². The third-order valence-corrected chi connectivity index (χ3v) is 6.36. The fraction of sp³-hybridized carbons (Fsp3) is 0.286. The predicted octanol–water partition coefficient (Wildman–Crippen LogP) is 4.10. The summed E-state index contributed by atoms with van der Waals surface area (Å²) in [5, 5.41) is 10.6. The van der Waals surface area contributed by atoms with E-state index in [1.807, 2.05) is 6.92 Å². The van der Waals surface area contributed by atoms with Gasteiger partial charge >= 0.3 is 5.97 Å². The molecule has 0 spiro atoms. The van der Waals surface area contributed by atoms with Gasteiger partial charge in [0, 0.05) is 41.4 Å². The van der Waals surface area contributed by atoms with Gasteiger partial charge in [-0.15, -0.1) is 0 Å². The van der Waals surface area contributed by atoms with Crippen LogP contribution in [0.4, 0.5) is 10.2 Å². The Bertz CT molecular complexity index is 1180. The zero-order valence-corrected chi connectivity index (χ0v) is 18.3. The number of fused-ring (bicyclic) bond motifs is 1. The maximum Gasteiger partial charge on any atom is 0.328 e. The zero-order valence-electron chi connectivity index (χ0n) is 16.7. The van der Waals surface area contributed by atoms with Crippen LogP contribution in [-0.2, 0) is 11.2 Å². The molecule has 1 fully saturated rings. The number of aromatic nitrogens is 3. The summed E-state index contributed by atoms with van der Waals surface area (Å²) in [6, 6.07) is 4.64. The molecule has 3 aromatic rings. The van der Waals surface area contributed by atoms with E-state index in [-0.39, 0.29) is 11.6 Å². The normalized spacial score (nSPS) is 16.6. The Balaban J connectivity index is 1.71. The molecule has 0 radical (unpaired) electrons. The third-order valence-electron chi connectivity index (χ3n) is 5.09. The highest BCUT2D eigenvalue weighted by Crippen LogP contribution is 2.37. The van der Waals surface area contributed by atoms with Crippen molar-refractivity contribution < 1.29 is 14.3 Å². The van der Waals surface area contributed by atoms with E-state index in [2.05, 4.69) is 14.9 Å². The molecule has 0 amide bonds. The molecule has 162 valence electrons. The molecule has 1 aliphatic rings. The van der Waals surface area contributed by atoms with Crippen molar-refractivity contribution in [1.29, 1.82) is 0 Å². The molecule has 0 unspecified atom stereocenters. The van der Waals surface area contributed by atoms with Crippen LogP contribution in [0.2, 0.25) is 5.02 Å². The minimum Gasteiger partial charge on any atom is -0.478 e. The Morgan fingerprint density at radius 1 is 1.48 bits per heavy atom. The lowest BCUT2D eigenvalue weighted by Gasteiger charge is -2.18. The summed E-state index contributed by atoms with van der Waals surface area (Å²) in [6.45, 7) is 3.46. The maximum atomic E-state index is 14.4. The summed E-state index contributed by atoms with van der Waals surface area (Å²) in [4.78, 5) is 26.0. The van der Waals surface area contributed by atoms with Crippen LogP contribution in [0.25, 0.3) is 17.1 Å². The van der Waals surface area contributed by atoms with Crippen LogP contribution in [0.1, 0.15) is 24.6 Å². The van der Waals surface area contributed by atoms with Crippen LogP contribution >= 0.6 is 23.4 Å². The van der Waals surface area contributed by atoms with Crippen molar-refractivity contribution in [3.05, 3.63) is 46.4 Å². The number of carbonyl (C=O) groups is 1. The number of carboxylic acid groups (broad SMARTS) is 1. The van der Waals surface area contributed by atoms with E-state index >= 15 is 0 Å². The van der Waals surface area contributed by atoms with E-state index in [0.717, 1.165) is 42.4 Å². The Hall–Kier alpha value is -2.62. The van der Waals surface area contributed by atoms with Crippen molar-refractivity contribution in [2.24, 2.45) is 5.73 Å². The number of aliphatic carboxylic acids is 1. The molecule has 1 atom stereocenters. The van der Waals surface area contributed by atoms with Crippen molar-refractivity contribution in [2.45, 2.75) is 35.9 Å². The van der Waals surface area contributed by atoms with E-state index in [9.17, 15) is 9.18 Å². The lowest BCUT2D eigenvalue weighted by molar-refractivity contribution is -0.131. The first kappa shape index (κ1) is 21.6. The van der Waals surface area contributed by atoms with Crippen LogP contribution in [0, 0.1) is 5.82 Å². The first-order valence-electron chi connectivity index (χ1n) is 9.82. The quantitative estimate of drug-likeness (QED) is 0.374. The summed E-state index contributed by atoms with van der Waals surface area (Å²) in [6.07, 6.45) is 3.71. The smallest absolute Gasteiger partial charge is 0.328 e. The number of rotatable bonds is 6. The fourth-order valence-corrected chi connectivity index (χ4v) is 4.67. The predicted molar refractivity (Wildman–Crippen MR) is 120 cm³/mol. The number of nitrogens with zero attached hydrogens (tertiary/aromatic N) is 3. The van der Waals surface area contributed by atoms with Gasteiger partial charge in [-0.2, -0.15) is 0 Å². The maximum absolute atomic E-state index is 14.4. The molecule has 7 nitrogen and oxygen atoms in total. The number of hydrogen-bond acceptors (Lipinski definition) is 6. The van der Waals surface area contributed by atoms with Gasteiger partial charge in [0.25, 0.3) is 0 Å². The van der Waals surface area contributed by atoms with Gasteiger partial charge in [-0.1, -0.05) is 24.6 Å². The number of benzene rings is 1. The summed E-state index contributed by atoms with van der Waals surface area (Å²) in [7, 11) is 0. The van der Waals surface area contributed by atoms with E-state index in [4.69, 9.17) is 27.4 Å². The molecule has 31 heavy (non-hydrogen) atoms. The first-order chi connectivity index (χ1) is 14.9. The number of aryl methyl sites for hydroxylation is 1. The van der Waals surface area contributed by atoms with Crippen LogP contribution in [0.5, 0.6) is 0 Å². The number of nitrogens with two attached hydrogens (primary N) is 1. The van der Waals surface area contributed by atoms with E-state index in [0.29, 0.717) is 27.3 Å². The summed E-state index contributed by atoms with van der Waals surface area (Å²) in [5.74, 6) is -0.932. The lowest BCUT2D eigenvalue weighted by atomic mass is 10.2. The molecule has 3 heterocycles. The van der Waals surface area contributed by atoms with Gasteiger partial charge in [-0.3, -0.25) is 0 Å². The lowest BCUT2D eigenvalue weighted by Crippen LogP contribution is -2.27. The van der Waals surface area contributed by atoms with Crippen molar-refractivity contribution in [2.75, 3.05) is 18.0 Å². The zero-order chi connectivity index (χ0) is 22.1. The molecule has 4 rings (SSSR count). The molecule has 1 aliphatic heterocycles. The molecular formula is C21H21ClFN5O2S. The van der Waals surface area contributed by atoms with Crippen molar-refractivity contribution in [3.63, 3.8) is 0 Å². The first-order valence-corrected chi connectivity index (χ1v) is 11.0.